The lowest BCUT2D eigenvalue weighted by Crippen LogP contribution is -2.31. The van der Waals surface area contributed by atoms with Gasteiger partial charge in [0.25, 0.3) is 5.91 Å². The molecule has 1 aliphatic rings. The first-order chi connectivity index (χ1) is 13.6. The van der Waals surface area contributed by atoms with Crippen LogP contribution >= 0.6 is 0 Å². The van der Waals surface area contributed by atoms with Gasteiger partial charge in [-0.15, -0.1) is 0 Å². The number of para-hydroxylation sites is 2. The van der Waals surface area contributed by atoms with Crippen molar-refractivity contribution >= 4 is 34.4 Å². The van der Waals surface area contributed by atoms with Gasteiger partial charge in [-0.05, 0) is 44.1 Å². The molecule has 0 radical (unpaired) electrons. The summed E-state index contributed by atoms with van der Waals surface area (Å²) in [7, 11) is 1.85. The van der Waals surface area contributed by atoms with E-state index in [1.807, 2.05) is 19.2 Å². The molecule has 1 saturated heterocycles. The number of carbonyl (C=O) groups excluding carboxylic acids is 2. The van der Waals surface area contributed by atoms with E-state index in [1.165, 1.54) is 6.20 Å². The third kappa shape index (κ3) is 3.86. The minimum Gasteiger partial charge on any atom is -0.323 e. The molecule has 0 aliphatic carbocycles. The van der Waals surface area contributed by atoms with Gasteiger partial charge in [-0.3, -0.25) is 14.5 Å². The van der Waals surface area contributed by atoms with Crippen molar-refractivity contribution in [3.05, 3.63) is 48.4 Å². The molecule has 2 amide bonds. The third-order valence-electron chi connectivity index (χ3n) is 4.83. The van der Waals surface area contributed by atoms with Crippen LogP contribution in [-0.4, -0.2) is 50.9 Å². The first-order valence-corrected chi connectivity index (χ1v) is 9.30. The standard InChI is InChI=1S/C20H22N6O2/c1-25-13-22-17-10-14(11-21-19(17)25)20(28)24-16-7-3-2-6-15(16)23-18(27)12-26-8-4-5-9-26/h2-3,6-7,10-11,13H,4-5,8-9,12H2,1H3,(H,23,27)(H,24,28). The molecule has 28 heavy (non-hydrogen) atoms. The third-order valence-corrected chi connectivity index (χ3v) is 4.83. The smallest absolute Gasteiger partial charge is 0.257 e. The normalized spacial score (nSPS) is 14.3. The van der Waals surface area contributed by atoms with E-state index in [2.05, 4.69) is 25.5 Å². The molecule has 0 unspecified atom stereocenters. The first-order valence-electron chi connectivity index (χ1n) is 9.30. The number of imidazole rings is 1. The number of anilines is 2. The Morgan fingerprint density at radius 2 is 1.79 bits per heavy atom. The summed E-state index contributed by atoms with van der Waals surface area (Å²) in [6, 6.07) is 8.87. The minimum atomic E-state index is -0.304. The summed E-state index contributed by atoms with van der Waals surface area (Å²) in [6.07, 6.45) is 5.45. The van der Waals surface area contributed by atoms with Crippen molar-refractivity contribution in [1.29, 1.82) is 0 Å². The van der Waals surface area contributed by atoms with Gasteiger partial charge in [-0.25, -0.2) is 9.97 Å². The summed E-state index contributed by atoms with van der Waals surface area (Å²) >= 11 is 0. The highest BCUT2D eigenvalue weighted by atomic mass is 16.2. The second-order valence-electron chi connectivity index (χ2n) is 6.95. The number of fused-ring (bicyclic) bond motifs is 1. The van der Waals surface area contributed by atoms with E-state index < -0.39 is 0 Å². The average molecular weight is 378 g/mol. The Kier molecular flexibility index (Phi) is 5.03. The van der Waals surface area contributed by atoms with E-state index in [1.54, 1.807) is 29.1 Å². The molecular weight excluding hydrogens is 356 g/mol. The van der Waals surface area contributed by atoms with Crippen LogP contribution in [0.15, 0.2) is 42.9 Å². The van der Waals surface area contributed by atoms with Gasteiger partial charge in [0.2, 0.25) is 5.91 Å². The van der Waals surface area contributed by atoms with Gasteiger partial charge in [-0.2, -0.15) is 0 Å². The van der Waals surface area contributed by atoms with Crippen LogP contribution in [0.25, 0.3) is 11.2 Å². The fraction of sp³-hybridized carbons (Fsp3) is 0.300. The topological polar surface area (TPSA) is 92.2 Å². The van der Waals surface area contributed by atoms with Gasteiger partial charge < -0.3 is 15.2 Å². The minimum absolute atomic E-state index is 0.0832. The van der Waals surface area contributed by atoms with Crippen LogP contribution in [0.2, 0.25) is 0 Å². The summed E-state index contributed by atoms with van der Waals surface area (Å²) < 4.78 is 1.79. The van der Waals surface area contributed by atoms with Crippen LogP contribution in [0.5, 0.6) is 0 Å². The van der Waals surface area contributed by atoms with Gasteiger partial charge in [0.1, 0.15) is 5.52 Å². The number of nitrogens with one attached hydrogen (secondary N) is 2. The fourth-order valence-corrected chi connectivity index (χ4v) is 3.37. The lowest BCUT2D eigenvalue weighted by atomic mass is 10.2. The molecule has 0 spiro atoms. The molecule has 0 atom stereocenters. The van der Waals surface area contributed by atoms with Crippen LogP contribution in [0.1, 0.15) is 23.2 Å². The molecule has 0 saturated carbocycles. The van der Waals surface area contributed by atoms with E-state index in [-0.39, 0.29) is 11.8 Å². The molecule has 8 heteroatoms. The molecular formula is C20H22N6O2. The van der Waals surface area contributed by atoms with Gasteiger partial charge in [0.05, 0.1) is 29.8 Å². The molecule has 8 nitrogen and oxygen atoms in total. The molecule has 3 heterocycles. The number of nitrogens with zero attached hydrogens (tertiary/aromatic N) is 4. The Morgan fingerprint density at radius 1 is 1.07 bits per heavy atom. The maximum Gasteiger partial charge on any atom is 0.257 e. The zero-order valence-corrected chi connectivity index (χ0v) is 15.7. The predicted molar refractivity (Wildman–Crippen MR) is 107 cm³/mol. The quantitative estimate of drug-likeness (QED) is 0.710. The molecule has 2 N–H and O–H groups in total. The number of hydrogen-bond acceptors (Lipinski definition) is 5. The first kappa shape index (κ1) is 18.1. The van der Waals surface area contributed by atoms with E-state index in [0.717, 1.165) is 25.9 Å². The highest BCUT2D eigenvalue weighted by Crippen LogP contribution is 2.22. The second kappa shape index (κ2) is 7.77. The Hall–Kier alpha value is -3.26. The number of likely N-dealkylation sites (tertiary alicyclic amines) is 1. The molecule has 0 bridgehead atoms. The van der Waals surface area contributed by atoms with Crippen LogP contribution in [-0.2, 0) is 11.8 Å². The zero-order valence-electron chi connectivity index (χ0n) is 15.7. The maximum atomic E-state index is 12.7. The number of rotatable bonds is 5. The molecule has 4 rings (SSSR count). The lowest BCUT2D eigenvalue weighted by molar-refractivity contribution is -0.117. The van der Waals surface area contributed by atoms with Gasteiger partial charge >= 0.3 is 0 Å². The van der Waals surface area contributed by atoms with Crippen LogP contribution < -0.4 is 10.6 Å². The number of benzene rings is 1. The Bertz CT molecular complexity index is 1020. The number of hydrogen-bond donors (Lipinski definition) is 2. The van der Waals surface area contributed by atoms with E-state index in [9.17, 15) is 9.59 Å². The van der Waals surface area contributed by atoms with Crippen molar-refractivity contribution in [3.8, 4) is 0 Å². The Balaban J connectivity index is 1.47. The van der Waals surface area contributed by atoms with E-state index >= 15 is 0 Å². The van der Waals surface area contributed by atoms with Crippen molar-refractivity contribution in [2.45, 2.75) is 12.8 Å². The molecule has 1 aromatic carbocycles. The fourth-order valence-electron chi connectivity index (χ4n) is 3.37. The van der Waals surface area contributed by atoms with Gasteiger partial charge in [0, 0.05) is 13.2 Å². The summed E-state index contributed by atoms with van der Waals surface area (Å²) in [4.78, 5) is 35.7. The maximum absolute atomic E-state index is 12.7. The molecule has 3 aromatic rings. The number of aromatic nitrogens is 3. The van der Waals surface area contributed by atoms with Gasteiger partial charge in [-0.1, -0.05) is 12.1 Å². The highest BCUT2D eigenvalue weighted by Gasteiger charge is 2.17. The summed E-state index contributed by atoms with van der Waals surface area (Å²) in [6.45, 7) is 2.27. The van der Waals surface area contributed by atoms with Crippen LogP contribution in [0, 0.1) is 0 Å². The number of aryl methyl sites for hydroxylation is 1. The van der Waals surface area contributed by atoms with E-state index in [4.69, 9.17) is 0 Å². The monoisotopic (exact) mass is 378 g/mol. The Morgan fingerprint density at radius 3 is 2.54 bits per heavy atom. The molecule has 144 valence electrons. The molecule has 1 fully saturated rings. The summed E-state index contributed by atoms with van der Waals surface area (Å²) in [5.74, 6) is -0.388. The number of pyridine rings is 1. The zero-order chi connectivity index (χ0) is 19.5. The highest BCUT2D eigenvalue weighted by molar-refractivity contribution is 6.08. The van der Waals surface area contributed by atoms with E-state index in [0.29, 0.717) is 34.6 Å². The lowest BCUT2D eigenvalue weighted by Gasteiger charge is -2.16. The summed E-state index contributed by atoms with van der Waals surface area (Å²) in [5.41, 5.74) is 2.90. The molecule has 2 aromatic heterocycles. The number of amides is 2. The summed E-state index contributed by atoms with van der Waals surface area (Å²) in [5, 5.41) is 5.76. The SMILES string of the molecule is Cn1cnc2cc(C(=O)Nc3ccccc3NC(=O)CN3CCCC3)cnc21. The van der Waals surface area contributed by atoms with Crippen molar-refractivity contribution in [2.75, 3.05) is 30.3 Å². The second-order valence-corrected chi connectivity index (χ2v) is 6.95. The Labute approximate surface area is 162 Å². The molecule has 1 aliphatic heterocycles. The van der Waals surface area contributed by atoms with Gasteiger partial charge in [0.15, 0.2) is 5.65 Å². The average Bonchev–Trinajstić information content (AvgIpc) is 3.33. The van der Waals surface area contributed by atoms with Crippen molar-refractivity contribution in [1.82, 2.24) is 19.4 Å². The van der Waals surface area contributed by atoms with Crippen molar-refractivity contribution in [2.24, 2.45) is 7.05 Å². The van der Waals surface area contributed by atoms with Crippen LogP contribution in [0.3, 0.4) is 0 Å². The van der Waals surface area contributed by atoms with Crippen molar-refractivity contribution in [3.63, 3.8) is 0 Å². The predicted octanol–water partition coefficient (Wildman–Crippen LogP) is 2.25. The largest absolute Gasteiger partial charge is 0.323 e. The van der Waals surface area contributed by atoms with Crippen LogP contribution in [0.4, 0.5) is 11.4 Å². The van der Waals surface area contributed by atoms with Crippen molar-refractivity contribution < 1.29 is 9.59 Å². The number of carbonyl (C=O) groups is 2.